The molecule has 32 heavy (non-hydrogen) atoms. The van der Waals surface area contributed by atoms with Gasteiger partial charge in [0.1, 0.15) is 5.82 Å². The average Bonchev–Trinajstić information content (AvgIpc) is 3.10. The molecule has 4 rings (SSSR count). The maximum absolute atomic E-state index is 14.0. The van der Waals surface area contributed by atoms with Gasteiger partial charge in [-0.1, -0.05) is 50.2 Å². The van der Waals surface area contributed by atoms with Crippen molar-refractivity contribution in [3.63, 3.8) is 0 Å². The number of aromatic nitrogens is 3. The predicted molar refractivity (Wildman–Crippen MR) is 125 cm³/mol. The van der Waals surface area contributed by atoms with E-state index in [1.807, 2.05) is 20.8 Å². The first-order valence-electron chi connectivity index (χ1n) is 10.3. The summed E-state index contributed by atoms with van der Waals surface area (Å²) in [4.78, 5) is 31.2. The molecule has 0 aliphatic carbocycles. The van der Waals surface area contributed by atoms with E-state index in [0.717, 1.165) is 10.6 Å². The van der Waals surface area contributed by atoms with E-state index < -0.39 is 5.91 Å². The number of rotatable bonds is 6. The Morgan fingerprint density at radius 2 is 1.81 bits per heavy atom. The minimum Gasteiger partial charge on any atom is -0.296 e. The van der Waals surface area contributed by atoms with Crippen LogP contribution >= 0.6 is 11.3 Å². The van der Waals surface area contributed by atoms with E-state index >= 15 is 0 Å². The topological polar surface area (TPSA) is 76.9 Å². The molecular formula is C24H23FN4O2S. The van der Waals surface area contributed by atoms with Gasteiger partial charge in [0.15, 0.2) is 10.8 Å². The highest BCUT2D eigenvalue weighted by Gasteiger charge is 2.19. The lowest BCUT2D eigenvalue weighted by Gasteiger charge is -2.12. The van der Waals surface area contributed by atoms with Gasteiger partial charge in [-0.2, -0.15) is 5.10 Å². The summed E-state index contributed by atoms with van der Waals surface area (Å²) in [6.07, 6.45) is 0.395. The normalized spacial score (nSPS) is 11.3. The molecule has 0 unspecified atom stereocenters. The summed E-state index contributed by atoms with van der Waals surface area (Å²) in [5.74, 6) is -0.515. The van der Waals surface area contributed by atoms with E-state index in [1.165, 1.54) is 22.1 Å². The molecule has 1 N–H and O–H groups in total. The SMILES string of the molecule is Cc1nc(NC(=O)c2nn(CC(C)C)c(=O)c3ccccc23)sc1Cc1ccccc1F. The van der Waals surface area contributed by atoms with Crippen LogP contribution in [0.2, 0.25) is 0 Å². The monoisotopic (exact) mass is 450 g/mol. The first-order chi connectivity index (χ1) is 15.3. The summed E-state index contributed by atoms with van der Waals surface area (Å²) in [6, 6.07) is 13.6. The van der Waals surface area contributed by atoms with E-state index in [9.17, 15) is 14.0 Å². The number of hydrogen-bond acceptors (Lipinski definition) is 5. The third-order valence-corrected chi connectivity index (χ3v) is 6.12. The van der Waals surface area contributed by atoms with Gasteiger partial charge in [-0.25, -0.2) is 14.1 Å². The van der Waals surface area contributed by atoms with E-state index in [0.29, 0.717) is 34.4 Å². The molecule has 1 amide bonds. The van der Waals surface area contributed by atoms with E-state index in [2.05, 4.69) is 15.4 Å². The molecule has 2 aromatic carbocycles. The minimum absolute atomic E-state index is 0.171. The number of anilines is 1. The summed E-state index contributed by atoms with van der Waals surface area (Å²) in [7, 11) is 0. The molecule has 0 bridgehead atoms. The van der Waals surface area contributed by atoms with Crippen LogP contribution < -0.4 is 10.9 Å². The zero-order valence-corrected chi connectivity index (χ0v) is 18.9. The third-order valence-electron chi connectivity index (χ3n) is 5.04. The Morgan fingerprint density at radius 3 is 2.53 bits per heavy atom. The molecular weight excluding hydrogens is 427 g/mol. The second kappa shape index (κ2) is 9.00. The van der Waals surface area contributed by atoms with Crippen LogP contribution in [-0.2, 0) is 13.0 Å². The summed E-state index contributed by atoms with van der Waals surface area (Å²) in [6.45, 7) is 6.21. The van der Waals surface area contributed by atoms with Gasteiger partial charge in [-0.15, -0.1) is 11.3 Å². The Kier molecular flexibility index (Phi) is 6.14. The van der Waals surface area contributed by atoms with Crippen LogP contribution in [0.5, 0.6) is 0 Å². The van der Waals surface area contributed by atoms with Gasteiger partial charge in [-0.05, 0) is 30.5 Å². The number of thiazole rings is 1. The number of nitrogens with zero attached hydrogens (tertiary/aromatic N) is 3. The largest absolute Gasteiger partial charge is 0.296 e. The number of amides is 1. The summed E-state index contributed by atoms with van der Waals surface area (Å²) >= 11 is 1.30. The number of nitrogens with one attached hydrogen (secondary N) is 1. The van der Waals surface area contributed by atoms with Crippen molar-refractivity contribution in [1.82, 2.24) is 14.8 Å². The lowest BCUT2D eigenvalue weighted by molar-refractivity contribution is 0.102. The molecule has 0 aliphatic heterocycles. The van der Waals surface area contributed by atoms with Crippen LogP contribution in [0.4, 0.5) is 9.52 Å². The molecule has 0 saturated carbocycles. The fourth-order valence-corrected chi connectivity index (χ4v) is 4.47. The smallest absolute Gasteiger partial charge is 0.278 e. The van der Waals surface area contributed by atoms with Crippen molar-refractivity contribution < 1.29 is 9.18 Å². The van der Waals surface area contributed by atoms with Crippen molar-refractivity contribution in [1.29, 1.82) is 0 Å². The zero-order chi connectivity index (χ0) is 22.8. The highest BCUT2D eigenvalue weighted by molar-refractivity contribution is 7.15. The quantitative estimate of drug-likeness (QED) is 0.458. The van der Waals surface area contributed by atoms with Crippen LogP contribution in [0.3, 0.4) is 0 Å². The first-order valence-corrected chi connectivity index (χ1v) is 11.2. The van der Waals surface area contributed by atoms with Gasteiger partial charge in [0.25, 0.3) is 11.5 Å². The number of carbonyl (C=O) groups excluding carboxylic acids is 1. The Labute approximate surface area is 188 Å². The predicted octanol–water partition coefficient (Wildman–Crippen LogP) is 4.80. The molecule has 2 heterocycles. The molecule has 0 fully saturated rings. The highest BCUT2D eigenvalue weighted by Crippen LogP contribution is 2.27. The van der Waals surface area contributed by atoms with Crippen molar-refractivity contribution >= 4 is 33.1 Å². The van der Waals surface area contributed by atoms with Gasteiger partial charge in [0.05, 0.1) is 11.1 Å². The van der Waals surface area contributed by atoms with Crippen LogP contribution in [0.25, 0.3) is 10.8 Å². The number of carbonyl (C=O) groups is 1. The Hall–Kier alpha value is -3.39. The van der Waals surface area contributed by atoms with Gasteiger partial charge < -0.3 is 0 Å². The fourth-order valence-electron chi connectivity index (χ4n) is 3.49. The van der Waals surface area contributed by atoms with Crippen molar-refractivity contribution in [2.45, 2.75) is 33.7 Å². The molecule has 0 aliphatic rings. The second-order valence-corrected chi connectivity index (χ2v) is 9.11. The number of fused-ring (bicyclic) bond motifs is 1. The minimum atomic E-state index is -0.440. The van der Waals surface area contributed by atoms with E-state index in [4.69, 9.17) is 0 Å². The molecule has 0 atom stereocenters. The number of halogens is 1. The van der Waals surface area contributed by atoms with Crippen LogP contribution in [0.15, 0.2) is 53.3 Å². The summed E-state index contributed by atoms with van der Waals surface area (Å²) in [5, 5.41) is 8.53. The van der Waals surface area contributed by atoms with E-state index in [1.54, 1.807) is 42.5 Å². The summed E-state index contributed by atoms with van der Waals surface area (Å²) < 4.78 is 15.4. The van der Waals surface area contributed by atoms with Crippen molar-refractivity contribution in [3.05, 3.63) is 86.5 Å². The molecule has 0 radical (unpaired) electrons. The zero-order valence-electron chi connectivity index (χ0n) is 18.1. The lowest BCUT2D eigenvalue weighted by atomic mass is 10.1. The van der Waals surface area contributed by atoms with E-state index in [-0.39, 0.29) is 23.0 Å². The van der Waals surface area contributed by atoms with Crippen molar-refractivity contribution in [2.24, 2.45) is 5.92 Å². The number of aryl methyl sites for hydroxylation is 1. The third kappa shape index (κ3) is 4.45. The lowest BCUT2D eigenvalue weighted by Crippen LogP contribution is -2.29. The highest BCUT2D eigenvalue weighted by atomic mass is 32.1. The number of hydrogen-bond donors (Lipinski definition) is 1. The Balaban J connectivity index is 1.65. The molecule has 0 spiro atoms. The molecule has 8 heteroatoms. The maximum Gasteiger partial charge on any atom is 0.278 e. The van der Waals surface area contributed by atoms with Crippen molar-refractivity contribution in [3.8, 4) is 0 Å². The maximum atomic E-state index is 14.0. The second-order valence-electron chi connectivity index (χ2n) is 8.03. The van der Waals surface area contributed by atoms with Gasteiger partial charge in [-0.3, -0.25) is 14.9 Å². The first kappa shape index (κ1) is 21.8. The molecule has 4 aromatic rings. The van der Waals surface area contributed by atoms with Crippen molar-refractivity contribution in [2.75, 3.05) is 5.32 Å². The number of benzene rings is 2. The molecule has 0 saturated heterocycles. The van der Waals surface area contributed by atoms with Gasteiger partial charge in [0.2, 0.25) is 0 Å². The fraction of sp³-hybridized carbons (Fsp3) is 0.250. The molecule has 6 nitrogen and oxygen atoms in total. The molecule has 2 aromatic heterocycles. The standard InChI is InChI=1S/C24H23FN4O2S/c1-14(2)13-29-23(31)18-10-6-5-9-17(18)21(28-29)22(30)27-24-26-15(3)20(32-24)12-16-8-4-7-11-19(16)25/h4-11,14H,12-13H2,1-3H3,(H,26,27,30). The Morgan fingerprint density at radius 1 is 1.12 bits per heavy atom. The van der Waals surface area contributed by atoms with Crippen LogP contribution in [0, 0.1) is 18.7 Å². The van der Waals surface area contributed by atoms with Gasteiger partial charge >= 0.3 is 0 Å². The van der Waals surface area contributed by atoms with Crippen LogP contribution in [0.1, 0.15) is 40.5 Å². The van der Waals surface area contributed by atoms with Crippen LogP contribution in [-0.4, -0.2) is 20.7 Å². The van der Waals surface area contributed by atoms with Gasteiger partial charge in [0, 0.05) is 23.2 Å². The molecule has 164 valence electrons. The Bertz CT molecular complexity index is 1360. The summed E-state index contributed by atoms with van der Waals surface area (Å²) in [5.41, 5.74) is 1.26. The average molecular weight is 451 g/mol.